The topological polar surface area (TPSA) is 76.4 Å². The quantitative estimate of drug-likeness (QED) is 0.851. The van der Waals surface area contributed by atoms with Crippen LogP contribution in [0.25, 0.3) is 0 Å². The van der Waals surface area contributed by atoms with Crippen molar-refractivity contribution in [2.45, 2.75) is 20.4 Å². The van der Waals surface area contributed by atoms with Crippen LogP contribution in [0.15, 0.2) is 28.7 Å². The summed E-state index contributed by atoms with van der Waals surface area (Å²) < 4.78 is 10.5. The Morgan fingerprint density at radius 2 is 2.00 bits per heavy atom. The van der Waals surface area contributed by atoms with Gasteiger partial charge in [-0.3, -0.25) is 10.1 Å². The predicted octanol–water partition coefficient (Wildman–Crippen LogP) is 2.03. The number of aryl methyl sites for hydroxylation is 2. The molecule has 2 N–H and O–H groups in total. The highest BCUT2D eigenvalue weighted by molar-refractivity contribution is 5.92. The Balaban J connectivity index is 1.76. The van der Waals surface area contributed by atoms with Gasteiger partial charge in [-0.1, -0.05) is 0 Å². The standard InChI is InChI=1S/C15H19N3O3/c1-10-11(2)21-15(17-10)9-16-8-14(19)18-12-4-6-13(20-3)7-5-12/h4-7,16H,8-9H2,1-3H3,(H,18,19). The molecule has 6 nitrogen and oxygen atoms in total. The molecule has 0 atom stereocenters. The van der Waals surface area contributed by atoms with Gasteiger partial charge in [-0.2, -0.15) is 0 Å². The zero-order valence-corrected chi connectivity index (χ0v) is 12.4. The van der Waals surface area contributed by atoms with Gasteiger partial charge < -0.3 is 14.5 Å². The third-order valence-electron chi connectivity index (χ3n) is 3.01. The lowest BCUT2D eigenvalue weighted by molar-refractivity contribution is -0.115. The van der Waals surface area contributed by atoms with Crippen molar-refractivity contribution in [2.75, 3.05) is 19.0 Å². The lowest BCUT2D eigenvalue weighted by Crippen LogP contribution is -2.27. The van der Waals surface area contributed by atoms with Crippen LogP contribution in [0.4, 0.5) is 5.69 Å². The molecule has 1 aromatic heterocycles. The van der Waals surface area contributed by atoms with Crippen LogP contribution in [-0.2, 0) is 11.3 Å². The third-order valence-corrected chi connectivity index (χ3v) is 3.01. The number of ether oxygens (including phenoxy) is 1. The number of hydrogen-bond donors (Lipinski definition) is 2. The zero-order chi connectivity index (χ0) is 15.2. The second kappa shape index (κ2) is 6.90. The number of carbonyl (C=O) groups is 1. The highest BCUT2D eigenvalue weighted by Crippen LogP contribution is 2.14. The van der Waals surface area contributed by atoms with Gasteiger partial charge in [0.25, 0.3) is 0 Å². The number of nitrogens with one attached hydrogen (secondary N) is 2. The van der Waals surface area contributed by atoms with E-state index in [2.05, 4.69) is 15.6 Å². The van der Waals surface area contributed by atoms with E-state index >= 15 is 0 Å². The van der Waals surface area contributed by atoms with Crippen LogP contribution in [-0.4, -0.2) is 24.5 Å². The van der Waals surface area contributed by atoms with E-state index in [1.807, 2.05) is 13.8 Å². The Labute approximate surface area is 123 Å². The van der Waals surface area contributed by atoms with Crippen molar-refractivity contribution >= 4 is 11.6 Å². The van der Waals surface area contributed by atoms with E-state index in [-0.39, 0.29) is 12.5 Å². The second-order valence-electron chi connectivity index (χ2n) is 4.63. The Morgan fingerprint density at radius 3 is 2.57 bits per heavy atom. The molecule has 0 radical (unpaired) electrons. The van der Waals surface area contributed by atoms with Crippen molar-refractivity contribution < 1.29 is 13.9 Å². The molecular formula is C15H19N3O3. The SMILES string of the molecule is COc1ccc(NC(=O)CNCc2nc(C)c(C)o2)cc1. The smallest absolute Gasteiger partial charge is 0.238 e. The predicted molar refractivity (Wildman–Crippen MR) is 79.3 cm³/mol. The molecular weight excluding hydrogens is 270 g/mol. The number of nitrogens with zero attached hydrogens (tertiary/aromatic N) is 1. The third kappa shape index (κ3) is 4.32. The van der Waals surface area contributed by atoms with E-state index < -0.39 is 0 Å². The van der Waals surface area contributed by atoms with Gasteiger partial charge in [0, 0.05) is 5.69 Å². The first-order valence-electron chi connectivity index (χ1n) is 6.66. The van der Waals surface area contributed by atoms with Gasteiger partial charge in [-0.15, -0.1) is 0 Å². The molecule has 0 spiro atoms. The molecule has 2 aromatic rings. The van der Waals surface area contributed by atoms with Gasteiger partial charge >= 0.3 is 0 Å². The van der Waals surface area contributed by atoms with Crippen LogP contribution in [0.5, 0.6) is 5.75 Å². The molecule has 0 fully saturated rings. The van der Waals surface area contributed by atoms with Gasteiger partial charge in [0.1, 0.15) is 11.5 Å². The Kier molecular flexibility index (Phi) is 4.94. The van der Waals surface area contributed by atoms with Gasteiger partial charge in [0.05, 0.1) is 25.9 Å². The molecule has 1 heterocycles. The molecule has 6 heteroatoms. The summed E-state index contributed by atoms with van der Waals surface area (Å²) in [5.41, 5.74) is 1.60. The molecule has 112 valence electrons. The lowest BCUT2D eigenvalue weighted by atomic mass is 10.3. The molecule has 0 saturated heterocycles. The number of hydrogen-bond acceptors (Lipinski definition) is 5. The van der Waals surface area contributed by atoms with Crippen molar-refractivity contribution in [3.05, 3.63) is 41.6 Å². The maximum absolute atomic E-state index is 11.8. The molecule has 0 bridgehead atoms. The molecule has 0 aliphatic carbocycles. The first-order chi connectivity index (χ1) is 10.1. The van der Waals surface area contributed by atoms with Crippen LogP contribution in [0.3, 0.4) is 0 Å². The Hall–Kier alpha value is -2.34. The number of aromatic nitrogens is 1. The molecule has 0 aliphatic rings. The first-order valence-corrected chi connectivity index (χ1v) is 6.66. The van der Waals surface area contributed by atoms with Crippen molar-refractivity contribution in [1.82, 2.24) is 10.3 Å². The number of benzene rings is 1. The maximum atomic E-state index is 11.8. The summed E-state index contributed by atoms with van der Waals surface area (Å²) in [4.78, 5) is 16.0. The Bertz CT molecular complexity index is 586. The first kappa shape index (κ1) is 15.1. The molecule has 1 aromatic carbocycles. The average molecular weight is 289 g/mol. The van der Waals surface area contributed by atoms with E-state index in [0.29, 0.717) is 12.4 Å². The number of oxazole rings is 1. The fraction of sp³-hybridized carbons (Fsp3) is 0.333. The molecule has 21 heavy (non-hydrogen) atoms. The molecule has 0 aliphatic heterocycles. The highest BCUT2D eigenvalue weighted by atomic mass is 16.5. The van der Waals surface area contributed by atoms with Gasteiger partial charge in [-0.25, -0.2) is 4.98 Å². The minimum Gasteiger partial charge on any atom is -0.497 e. The van der Waals surface area contributed by atoms with E-state index in [1.54, 1.807) is 31.4 Å². The van der Waals surface area contributed by atoms with Crippen molar-refractivity contribution in [3.63, 3.8) is 0 Å². The fourth-order valence-corrected chi connectivity index (χ4v) is 1.78. The minimum atomic E-state index is -0.125. The number of methoxy groups -OCH3 is 1. The van der Waals surface area contributed by atoms with Crippen molar-refractivity contribution in [1.29, 1.82) is 0 Å². The Morgan fingerprint density at radius 1 is 1.29 bits per heavy atom. The van der Waals surface area contributed by atoms with Crippen molar-refractivity contribution in [3.8, 4) is 5.75 Å². The number of anilines is 1. The van der Waals surface area contributed by atoms with Crippen LogP contribution >= 0.6 is 0 Å². The minimum absolute atomic E-state index is 0.125. The summed E-state index contributed by atoms with van der Waals surface area (Å²) in [7, 11) is 1.60. The molecule has 0 saturated carbocycles. The average Bonchev–Trinajstić information content (AvgIpc) is 2.78. The van der Waals surface area contributed by atoms with Crippen LogP contribution in [0.1, 0.15) is 17.3 Å². The zero-order valence-electron chi connectivity index (χ0n) is 12.4. The van der Waals surface area contributed by atoms with E-state index in [4.69, 9.17) is 9.15 Å². The maximum Gasteiger partial charge on any atom is 0.238 e. The number of amides is 1. The summed E-state index contributed by atoms with van der Waals surface area (Å²) in [6, 6.07) is 7.16. The van der Waals surface area contributed by atoms with Gasteiger partial charge in [0.2, 0.25) is 11.8 Å². The molecule has 0 unspecified atom stereocenters. The van der Waals surface area contributed by atoms with Crippen LogP contribution in [0.2, 0.25) is 0 Å². The van der Waals surface area contributed by atoms with Gasteiger partial charge in [-0.05, 0) is 38.1 Å². The fourth-order valence-electron chi connectivity index (χ4n) is 1.78. The van der Waals surface area contributed by atoms with Crippen LogP contribution in [0, 0.1) is 13.8 Å². The highest BCUT2D eigenvalue weighted by Gasteiger charge is 2.06. The molecule has 1 amide bonds. The summed E-state index contributed by atoms with van der Waals surface area (Å²) in [5.74, 6) is 2.01. The van der Waals surface area contributed by atoms with E-state index in [1.165, 1.54) is 0 Å². The van der Waals surface area contributed by atoms with Gasteiger partial charge in [0.15, 0.2) is 0 Å². The second-order valence-corrected chi connectivity index (χ2v) is 4.63. The van der Waals surface area contributed by atoms with E-state index in [0.717, 1.165) is 22.9 Å². The summed E-state index contributed by atoms with van der Waals surface area (Å²) in [6.45, 7) is 4.36. The largest absolute Gasteiger partial charge is 0.497 e. The summed E-state index contributed by atoms with van der Waals surface area (Å²) in [5, 5.41) is 5.78. The van der Waals surface area contributed by atoms with Crippen molar-refractivity contribution in [2.24, 2.45) is 0 Å². The number of rotatable bonds is 6. The molecule has 2 rings (SSSR count). The number of carbonyl (C=O) groups excluding carboxylic acids is 1. The lowest BCUT2D eigenvalue weighted by Gasteiger charge is -2.06. The van der Waals surface area contributed by atoms with Crippen LogP contribution < -0.4 is 15.4 Å². The summed E-state index contributed by atoms with van der Waals surface area (Å²) in [6.07, 6.45) is 0. The van der Waals surface area contributed by atoms with E-state index in [9.17, 15) is 4.79 Å². The summed E-state index contributed by atoms with van der Waals surface area (Å²) >= 11 is 0. The normalized spacial score (nSPS) is 10.4. The monoisotopic (exact) mass is 289 g/mol.